The van der Waals surface area contributed by atoms with E-state index in [4.69, 9.17) is 9.47 Å². The van der Waals surface area contributed by atoms with Crippen LogP contribution >= 0.6 is 0 Å². The first-order valence-corrected chi connectivity index (χ1v) is 11.7. The fraction of sp³-hybridized carbons (Fsp3) is 0.250. The van der Waals surface area contributed by atoms with Gasteiger partial charge in [-0.25, -0.2) is 0 Å². The number of likely N-dealkylation sites (tertiary alicyclic amines) is 1. The summed E-state index contributed by atoms with van der Waals surface area (Å²) in [5.74, 6) is -1.07. The van der Waals surface area contributed by atoms with Gasteiger partial charge in [0.15, 0.2) is 11.5 Å². The molecule has 0 spiro atoms. The molecule has 1 aliphatic rings. The minimum Gasteiger partial charge on any atom is -0.507 e. The third kappa shape index (κ3) is 5.02. The molecule has 2 heterocycles. The molecule has 0 radical (unpaired) electrons. The van der Waals surface area contributed by atoms with Gasteiger partial charge in [-0.15, -0.1) is 0 Å². The van der Waals surface area contributed by atoms with Crippen LogP contribution in [0.5, 0.6) is 17.2 Å². The van der Waals surface area contributed by atoms with Crippen LogP contribution in [0.2, 0.25) is 0 Å². The lowest BCUT2D eigenvalue weighted by atomic mass is 9.95. The van der Waals surface area contributed by atoms with Gasteiger partial charge in [-0.2, -0.15) is 0 Å². The van der Waals surface area contributed by atoms with Gasteiger partial charge in [0.05, 0.1) is 25.3 Å². The van der Waals surface area contributed by atoms with Crippen molar-refractivity contribution in [3.05, 3.63) is 89.3 Å². The van der Waals surface area contributed by atoms with Crippen LogP contribution in [0.1, 0.15) is 42.5 Å². The van der Waals surface area contributed by atoms with E-state index in [1.165, 1.54) is 18.1 Å². The number of aliphatic hydroxyl groups is 1. The number of ketones is 1. The van der Waals surface area contributed by atoms with Crippen LogP contribution in [0.4, 0.5) is 0 Å². The number of carbonyl (C=O) groups excluding carboxylic acids is 2. The number of pyridine rings is 1. The minimum atomic E-state index is -0.903. The fourth-order valence-electron chi connectivity index (χ4n) is 4.14. The van der Waals surface area contributed by atoms with Crippen LogP contribution in [0.3, 0.4) is 0 Å². The van der Waals surface area contributed by atoms with Crippen LogP contribution in [-0.2, 0) is 16.1 Å². The molecular weight excluding hydrogens is 460 g/mol. The number of methoxy groups -OCH3 is 1. The molecule has 0 saturated carbocycles. The maximum Gasteiger partial charge on any atom is 0.295 e. The van der Waals surface area contributed by atoms with Crippen LogP contribution in [0, 0.1) is 0 Å². The molecule has 1 saturated heterocycles. The van der Waals surface area contributed by atoms with Crippen molar-refractivity contribution >= 4 is 17.4 Å². The summed E-state index contributed by atoms with van der Waals surface area (Å²) in [6, 6.07) is 14.0. The van der Waals surface area contributed by atoms with Gasteiger partial charge in [0.1, 0.15) is 11.5 Å². The van der Waals surface area contributed by atoms with Gasteiger partial charge in [0.25, 0.3) is 11.7 Å². The summed E-state index contributed by atoms with van der Waals surface area (Å²) >= 11 is 0. The Kier molecular flexibility index (Phi) is 7.53. The number of nitrogens with zero attached hydrogens (tertiary/aromatic N) is 2. The Labute approximate surface area is 209 Å². The highest BCUT2D eigenvalue weighted by molar-refractivity contribution is 6.46. The van der Waals surface area contributed by atoms with Crippen molar-refractivity contribution in [3.63, 3.8) is 0 Å². The molecule has 4 rings (SSSR count). The van der Waals surface area contributed by atoms with Gasteiger partial charge in [0, 0.05) is 24.5 Å². The highest BCUT2D eigenvalue weighted by Gasteiger charge is 2.46. The lowest BCUT2D eigenvalue weighted by molar-refractivity contribution is -0.140. The van der Waals surface area contributed by atoms with Gasteiger partial charge in [0.2, 0.25) is 0 Å². The number of aliphatic hydroxyl groups excluding tert-OH is 1. The number of phenolic OH excluding ortho intramolecular Hbond substituents is 1. The Morgan fingerprint density at radius 3 is 2.56 bits per heavy atom. The topological polar surface area (TPSA) is 109 Å². The monoisotopic (exact) mass is 488 g/mol. The van der Waals surface area contributed by atoms with Crippen molar-refractivity contribution in [2.75, 3.05) is 13.7 Å². The number of hydrogen-bond donors (Lipinski definition) is 2. The first-order valence-electron chi connectivity index (χ1n) is 11.7. The number of amides is 1. The van der Waals surface area contributed by atoms with Gasteiger partial charge >= 0.3 is 0 Å². The maximum absolute atomic E-state index is 13.2. The average Bonchev–Trinajstić information content (AvgIpc) is 3.14. The van der Waals surface area contributed by atoms with E-state index in [2.05, 4.69) is 11.9 Å². The molecule has 0 bridgehead atoms. The summed E-state index contributed by atoms with van der Waals surface area (Å²) in [5, 5.41) is 21.3. The van der Waals surface area contributed by atoms with E-state index in [-0.39, 0.29) is 29.4 Å². The average molecular weight is 489 g/mol. The molecule has 36 heavy (non-hydrogen) atoms. The molecule has 8 heteroatoms. The number of ether oxygens (including phenoxy) is 2. The van der Waals surface area contributed by atoms with E-state index in [9.17, 15) is 19.8 Å². The molecule has 1 amide bonds. The summed E-state index contributed by atoms with van der Waals surface area (Å²) in [6.07, 6.45) is 5.18. The second kappa shape index (κ2) is 10.9. The second-order valence-corrected chi connectivity index (χ2v) is 8.45. The van der Waals surface area contributed by atoms with Crippen molar-refractivity contribution in [1.29, 1.82) is 0 Å². The number of rotatable bonds is 9. The lowest BCUT2D eigenvalue weighted by Crippen LogP contribution is -2.29. The van der Waals surface area contributed by atoms with E-state index in [1.807, 2.05) is 0 Å². The number of aromatic hydroxyl groups is 1. The number of aromatic nitrogens is 1. The van der Waals surface area contributed by atoms with Gasteiger partial charge in [-0.1, -0.05) is 25.5 Å². The van der Waals surface area contributed by atoms with Crippen LogP contribution in [-0.4, -0.2) is 45.5 Å². The van der Waals surface area contributed by atoms with Gasteiger partial charge in [-0.05, 0) is 60.0 Å². The molecule has 186 valence electrons. The Hall–Kier alpha value is -4.33. The summed E-state index contributed by atoms with van der Waals surface area (Å²) in [7, 11) is 1.41. The zero-order valence-corrected chi connectivity index (χ0v) is 20.2. The van der Waals surface area contributed by atoms with Crippen LogP contribution in [0.25, 0.3) is 5.76 Å². The highest BCUT2D eigenvalue weighted by atomic mass is 16.5. The Morgan fingerprint density at radius 1 is 1.11 bits per heavy atom. The number of hydrogen-bond acceptors (Lipinski definition) is 7. The molecule has 1 aromatic heterocycles. The third-order valence-electron chi connectivity index (χ3n) is 6.03. The number of phenols is 1. The number of unbranched alkanes of at least 4 members (excludes halogenated alkanes) is 1. The van der Waals surface area contributed by atoms with Crippen molar-refractivity contribution in [3.8, 4) is 17.2 Å². The molecule has 2 N–H and O–H groups in total. The van der Waals surface area contributed by atoms with Gasteiger partial charge in [-0.3, -0.25) is 14.6 Å². The molecule has 8 nitrogen and oxygen atoms in total. The lowest BCUT2D eigenvalue weighted by Gasteiger charge is -2.25. The van der Waals surface area contributed by atoms with Crippen LogP contribution in [0.15, 0.2) is 72.6 Å². The summed E-state index contributed by atoms with van der Waals surface area (Å²) in [5.41, 5.74) is 1.57. The van der Waals surface area contributed by atoms with E-state index >= 15 is 0 Å². The van der Waals surface area contributed by atoms with E-state index < -0.39 is 17.7 Å². The van der Waals surface area contributed by atoms with Crippen LogP contribution < -0.4 is 9.47 Å². The normalized spacial score (nSPS) is 16.8. The first-order chi connectivity index (χ1) is 17.4. The number of benzene rings is 2. The smallest absolute Gasteiger partial charge is 0.295 e. The third-order valence-corrected chi connectivity index (χ3v) is 6.03. The molecule has 2 aromatic carbocycles. The predicted octanol–water partition coefficient (Wildman–Crippen LogP) is 4.60. The molecule has 1 aliphatic heterocycles. The molecule has 1 unspecified atom stereocenters. The summed E-state index contributed by atoms with van der Waals surface area (Å²) in [6.45, 7) is 2.77. The maximum atomic E-state index is 13.2. The molecule has 3 aromatic rings. The van der Waals surface area contributed by atoms with Crippen molar-refractivity contribution in [1.82, 2.24) is 9.88 Å². The van der Waals surface area contributed by atoms with Crippen molar-refractivity contribution in [2.45, 2.75) is 32.4 Å². The molecule has 1 atom stereocenters. The zero-order valence-electron chi connectivity index (χ0n) is 20.2. The predicted molar refractivity (Wildman–Crippen MR) is 134 cm³/mol. The second-order valence-electron chi connectivity index (χ2n) is 8.45. The first kappa shape index (κ1) is 24.8. The Balaban J connectivity index is 1.78. The van der Waals surface area contributed by atoms with Crippen molar-refractivity contribution in [2.24, 2.45) is 0 Å². The summed E-state index contributed by atoms with van der Waals surface area (Å²) in [4.78, 5) is 31.9. The van der Waals surface area contributed by atoms with Crippen molar-refractivity contribution < 1.29 is 29.3 Å². The molecular formula is C28H28N2O6. The Bertz CT molecular complexity index is 1270. The molecule has 1 fully saturated rings. The highest BCUT2D eigenvalue weighted by Crippen LogP contribution is 2.42. The van der Waals surface area contributed by atoms with E-state index in [1.54, 1.807) is 60.9 Å². The number of carbonyl (C=O) groups is 2. The molecule has 0 aliphatic carbocycles. The zero-order chi connectivity index (χ0) is 25.7. The fourth-order valence-corrected chi connectivity index (χ4v) is 4.14. The standard InChI is InChI=1S/C28H28N2O6/c1-3-4-14-36-21-10-7-19(8-11-21)26(32)24-25(20-9-12-22(31)23(15-20)35-2)30(28(34)27(24)33)17-18-6-5-13-29-16-18/h5-13,15-16,25,31-32H,3-4,14,17H2,1-2H3/b26-24+. The van der Waals surface area contributed by atoms with E-state index in [0.717, 1.165) is 18.4 Å². The number of Topliss-reactive ketones (excluding diaryl/α,β-unsaturated/α-hetero) is 1. The Morgan fingerprint density at radius 2 is 1.89 bits per heavy atom. The summed E-state index contributed by atoms with van der Waals surface area (Å²) < 4.78 is 10.9. The van der Waals surface area contributed by atoms with E-state index in [0.29, 0.717) is 23.5 Å². The minimum absolute atomic E-state index is 0.0451. The SMILES string of the molecule is CCCCOc1ccc(/C(O)=C2\C(=O)C(=O)N(Cc3cccnc3)C2c2ccc(O)c(OC)c2)cc1. The van der Waals surface area contributed by atoms with Gasteiger partial charge < -0.3 is 24.6 Å². The quantitative estimate of drug-likeness (QED) is 0.196. The largest absolute Gasteiger partial charge is 0.507 e.